The number of hydrogen-bond donors (Lipinski definition) is 1. The molecule has 0 amide bonds. The molecule has 0 aliphatic heterocycles. The highest BCUT2D eigenvalue weighted by atomic mass is 32.1. The molecular formula is C13H21N5OS. The smallest absolute Gasteiger partial charge is 0.230 e. The summed E-state index contributed by atoms with van der Waals surface area (Å²) in [5, 5.41) is 4.40. The minimum Gasteiger partial charge on any atom is -0.480 e. The highest BCUT2D eigenvalue weighted by Gasteiger charge is 2.12. The van der Waals surface area contributed by atoms with Gasteiger partial charge in [0.15, 0.2) is 5.13 Å². The molecule has 6 nitrogen and oxygen atoms in total. The number of imidazole rings is 1. The van der Waals surface area contributed by atoms with Crippen molar-refractivity contribution in [2.24, 2.45) is 0 Å². The van der Waals surface area contributed by atoms with Gasteiger partial charge in [-0.25, -0.2) is 4.98 Å². The van der Waals surface area contributed by atoms with Gasteiger partial charge in [0.2, 0.25) is 5.88 Å². The number of methoxy groups -OCH3 is 1. The van der Waals surface area contributed by atoms with Crippen molar-refractivity contribution in [3.63, 3.8) is 0 Å². The molecule has 0 bridgehead atoms. The summed E-state index contributed by atoms with van der Waals surface area (Å²) in [7, 11) is 5.64. The predicted molar refractivity (Wildman–Crippen MR) is 81.5 cm³/mol. The van der Waals surface area contributed by atoms with E-state index < -0.39 is 0 Å². The van der Waals surface area contributed by atoms with Crippen LogP contribution < -0.4 is 15.0 Å². The van der Waals surface area contributed by atoms with Gasteiger partial charge in [-0.1, -0.05) is 11.3 Å². The first-order valence-electron chi connectivity index (χ1n) is 6.58. The molecule has 110 valence electrons. The van der Waals surface area contributed by atoms with Crippen molar-refractivity contribution < 1.29 is 4.74 Å². The summed E-state index contributed by atoms with van der Waals surface area (Å²) in [5.74, 6) is 0.723. The lowest BCUT2D eigenvalue weighted by molar-refractivity contribution is 0.394. The van der Waals surface area contributed by atoms with Crippen LogP contribution in [-0.2, 0) is 13.1 Å². The zero-order valence-electron chi connectivity index (χ0n) is 12.2. The zero-order chi connectivity index (χ0) is 14.4. The Balaban J connectivity index is 1.75. The van der Waals surface area contributed by atoms with Gasteiger partial charge < -0.3 is 19.5 Å². The van der Waals surface area contributed by atoms with Crippen LogP contribution in [-0.4, -0.2) is 42.3 Å². The molecule has 0 spiro atoms. The molecule has 0 unspecified atom stereocenters. The molecule has 7 heteroatoms. The Morgan fingerprint density at radius 1 is 1.45 bits per heavy atom. The van der Waals surface area contributed by atoms with Crippen molar-refractivity contribution in [2.75, 3.05) is 32.6 Å². The monoisotopic (exact) mass is 295 g/mol. The van der Waals surface area contributed by atoms with Crippen LogP contribution in [0.15, 0.2) is 18.7 Å². The van der Waals surface area contributed by atoms with Gasteiger partial charge >= 0.3 is 0 Å². The number of rotatable bonds is 8. The van der Waals surface area contributed by atoms with E-state index in [-0.39, 0.29) is 0 Å². The third-order valence-corrected chi connectivity index (χ3v) is 4.05. The van der Waals surface area contributed by atoms with Crippen molar-refractivity contribution in [1.29, 1.82) is 0 Å². The van der Waals surface area contributed by atoms with E-state index in [1.54, 1.807) is 24.6 Å². The molecule has 0 fully saturated rings. The molecule has 2 aromatic heterocycles. The number of aryl methyl sites for hydroxylation is 1. The Hall–Kier alpha value is -1.60. The molecule has 0 saturated heterocycles. The Morgan fingerprint density at radius 3 is 2.95 bits per heavy atom. The molecule has 1 N–H and O–H groups in total. The number of ether oxygens (including phenoxy) is 1. The second-order valence-electron chi connectivity index (χ2n) is 4.65. The summed E-state index contributed by atoms with van der Waals surface area (Å²) >= 11 is 1.66. The van der Waals surface area contributed by atoms with Gasteiger partial charge in [-0.2, -0.15) is 4.98 Å². The Labute approximate surface area is 123 Å². The van der Waals surface area contributed by atoms with Gasteiger partial charge in [-0.15, -0.1) is 0 Å². The lowest BCUT2D eigenvalue weighted by atomic mass is 10.4. The van der Waals surface area contributed by atoms with Crippen LogP contribution in [0.5, 0.6) is 5.88 Å². The number of nitrogens with one attached hydrogen (secondary N) is 1. The van der Waals surface area contributed by atoms with E-state index in [2.05, 4.69) is 19.9 Å². The standard InChI is InChI=1S/C13H21N5OS/c1-17(2)13-16-12(19-3)11(20-13)9-14-5-4-7-18-8-6-15-10-18/h6,8,10,14H,4-5,7,9H2,1-3H3. The van der Waals surface area contributed by atoms with Crippen molar-refractivity contribution in [3.05, 3.63) is 23.6 Å². The van der Waals surface area contributed by atoms with Crippen molar-refractivity contribution in [2.45, 2.75) is 19.5 Å². The van der Waals surface area contributed by atoms with Crippen LogP contribution in [0.1, 0.15) is 11.3 Å². The molecular weight excluding hydrogens is 274 g/mol. The van der Waals surface area contributed by atoms with Crippen molar-refractivity contribution in [3.8, 4) is 5.88 Å². The van der Waals surface area contributed by atoms with Gasteiger partial charge in [0.05, 0.1) is 18.3 Å². The summed E-state index contributed by atoms with van der Waals surface area (Å²) in [6.07, 6.45) is 6.70. The molecule has 2 rings (SSSR count). The molecule has 0 saturated carbocycles. The van der Waals surface area contributed by atoms with Crippen LogP contribution in [0.2, 0.25) is 0 Å². The van der Waals surface area contributed by atoms with Crippen LogP contribution in [0.25, 0.3) is 0 Å². The first-order chi connectivity index (χ1) is 9.70. The number of nitrogens with zero attached hydrogens (tertiary/aromatic N) is 4. The predicted octanol–water partition coefficient (Wildman–Crippen LogP) is 1.59. The third kappa shape index (κ3) is 3.94. The minimum atomic E-state index is 0.723. The largest absolute Gasteiger partial charge is 0.480 e. The summed E-state index contributed by atoms with van der Waals surface area (Å²) < 4.78 is 7.39. The molecule has 0 radical (unpaired) electrons. The average Bonchev–Trinajstić information content (AvgIpc) is 3.07. The van der Waals surface area contributed by atoms with Crippen LogP contribution in [0, 0.1) is 0 Å². The van der Waals surface area contributed by atoms with E-state index >= 15 is 0 Å². The fourth-order valence-corrected chi connectivity index (χ4v) is 2.72. The zero-order valence-corrected chi connectivity index (χ0v) is 13.0. The third-order valence-electron chi connectivity index (χ3n) is 2.84. The van der Waals surface area contributed by atoms with E-state index in [4.69, 9.17) is 4.74 Å². The molecule has 0 aliphatic rings. The molecule has 2 aromatic rings. The number of hydrogen-bond acceptors (Lipinski definition) is 6. The van der Waals surface area contributed by atoms with Gasteiger partial charge in [-0.3, -0.25) is 0 Å². The normalized spacial score (nSPS) is 10.8. The molecule has 0 atom stereocenters. The second kappa shape index (κ2) is 7.25. The maximum absolute atomic E-state index is 5.31. The lowest BCUT2D eigenvalue weighted by Gasteiger charge is -2.05. The minimum absolute atomic E-state index is 0.723. The maximum atomic E-state index is 5.31. The fourth-order valence-electron chi connectivity index (χ4n) is 1.80. The van der Waals surface area contributed by atoms with Gasteiger partial charge in [0.25, 0.3) is 0 Å². The van der Waals surface area contributed by atoms with Gasteiger partial charge in [0.1, 0.15) is 0 Å². The highest BCUT2D eigenvalue weighted by molar-refractivity contribution is 7.15. The molecule has 0 aliphatic carbocycles. The van der Waals surface area contributed by atoms with E-state index in [1.165, 1.54) is 0 Å². The van der Waals surface area contributed by atoms with Crippen LogP contribution in [0.4, 0.5) is 5.13 Å². The number of thiazole rings is 1. The quantitative estimate of drug-likeness (QED) is 0.750. The summed E-state index contributed by atoms with van der Waals surface area (Å²) in [6, 6.07) is 0. The summed E-state index contributed by atoms with van der Waals surface area (Å²) in [4.78, 5) is 11.6. The maximum Gasteiger partial charge on any atom is 0.230 e. The average molecular weight is 295 g/mol. The summed E-state index contributed by atoms with van der Waals surface area (Å²) in [5.41, 5.74) is 0. The van der Waals surface area contributed by atoms with Crippen LogP contribution >= 0.6 is 11.3 Å². The van der Waals surface area contributed by atoms with Crippen LogP contribution in [0.3, 0.4) is 0 Å². The first-order valence-corrected chi connectivity index (χ1v) is 7.40. The summed E-state index contributed by atoms with van der Waals surface area (Å²) in [6.45, 7) is 2.73. The fraction of sp³-hybridized carbons (Fsp3) is 0.538. The van der Waals surface area contributed by atoms with E-state index in [9.17, 15) is 0 Å². The second-order valence-corrected chi connectivity index (χ2v) is 5.72. The highest BCUT2D eigenvalue weighted by Crippen LogP contribution is 2.30. The lowest BCUT2D eigenvalue weighted by Crippen LogP contribution is -2.16. The number of aromatic nitrogens is 3. The topological polar surface area (TPSA) is 55.2 Å². The van der Waals surface area contributed by atoms with Gasteiger partial charge in [0, 0.05) is 39.6 Å². The number of anilines is 1. The Morgan fingerprint density at radius 2 is 2.30 bits per heavy atom. The van der Waals surface area contributed by atoms with Crippen molar-refractivity contribution in [1.82, 2.24) is 19.9 Å². The Bertz CT molecular complexity index is 509. The Kier molecular flexibility index (Phi) is 5.37. The van der Waals surface area contributed by atoms with E-state index in [0.717, 1.165) is 41.9 Å². The molecule has 2 heterocycles. The van der Waals surface area contributed by atoms with E-state index in [1.807, 2.05) is 31.5 Å². The van der Waals surface area contributed by atoms with Crippen molar-refractivity contribution >= 4 is 16.5 Å². The molecule has 20 heavy (non-hydrogen) atoms. The van der Waals surface area contributed by atoms with E-state index in [0.29, 0.717) is 0 Å². The first kappa shape index (κ1) is 14.8. The van der Waals surface area contributed by atoms with Gasteiger partial charge in [-0.05, 0) is 13.0 Å². The molecule has 0 aromatic carbocycles. The SMILES string of the molecule is COc1nc(N(C)C)sc1CNCCCn1ccnc1.